The van der Waals surface area contributed by atoms with Gasteiger partial charge in [-0.3, -0.25) is 24.8 Å². The Morgan fingerprint density at radius 3 is 2.75 bits per heavy atom. The summed E-state index contributed by atoms with van der Waals surface area (Å²) in [6.07, 6.45) is 1.94. The van der Waals surface area contributed by atoms with Crippen LogP contribution < -0.4 is 10.9 Å². The summed E-state index contributed by atoms with van der Waals surface area (Å²) in [5.74, 6) is -0.729. The monoisotopic (exact) mass is 338 g/mol. The Hall–Kier alpha value is -1.89. The molecular weight excluding hydrogens is 324 g/mol. The highest BCUT2D eigenvalue weighted by molar-refractivity contribution is 9.10. The summed E-state index contributed by atoms with van der Waals surface area (Å²) >= 11 is 3.42. The predicted octanol–water partition coefficient (Wildman–Crippen LogP) is 1.44. The minimum absolute atomic E-state index is 0.0840. The number of rotatable bonds is 3. The lowest BCUT2D eigenvalue weighted by Crippen LogP contribution is -2.44. The number of pyridine rings is 1. The van der Waals surface area contributed by atoms with Crippen molar-refractivity contribution in [3.63, 3.8) is 0 Å². The van der Waals surface area contributed by atoms with Crippen molar-refractivity contribution < 1.29 is 9.59 Å². The molecule has 20 heavy (non-hydrogen) atoms. The molecule has 0 aromatic carbocycles. The number of amides is 2. The van der Waals surface area contributed by atoms with Gasteiger partial charge in [-0.05, 0) is 28.1 Å². The first kappa shape index (κ1) is 14.5. The summed E-state index contributed by atoms with van der Waals surface area (Å²) < 4.78 is 2.58. The van der Waals surface area contributed by atoms with Gasteiger partial charge in [0.1, 0.15) is 10.3 Å². The van der Waals surface area contributed by atoms with Crippen molar-refractivity contribution in [2.45, 2.75) is 20.3 Å². The van der Waals surface area contributed by atoms with Gasteiger partial charge in [0.25, 0.3) is 0 Å². The molecule has 0 aliphatic carbocycles. The van der Waals surface area contributed by atoms with Gasteiger partial charge in [0.15, 0.2) is 0 Å². The maximum atomic E-state index is 11.8. The molecule has 0 fully saturated rings. The Morgan fingerprint density at radius 1 is 1.35 bits per heavy atom. The second kappa shape index (κ2) is 6.04. The van der Waals surface area contributed by atoms with Crippen LogP contribution in [0.1, 0.15) is 19.5 Å². The maximum Gasteiger partial charge on any atom is 0.244 e. The molecule has 2 heterocycles. The largest absolute Gasteiger partial charge is 0.294 e. The Morgan fingerprint density at radius 2 is 2.10 bits per heavy atom. The SMILES string of the molecule is CC(C)C(=O)NNC(=O)Cc1nc2ccccn2c1Br. The molecule has 106 valence electrons. The first-order chi connectivity index (χ1) is 9.49. The van der Waals surface area contributed by atoms with Gasteiger partial charge in [-0.2, -0.15) is 0 Å². The summed E-state index contributed by atoms with van der Waals surface area (Å²) in [7, 11) is 0. The molecule has 0 radical (unpaired) electrons. The smallest absolute Gasteiger partial charge is 0.244 e. The summed E-state index contributed by atoms with van der Waals surface area (Å²) in [5, 5.41) is 0. The quantitative estimate of drug-likeness (QED) is 0.831. The molecule has 6 nitrogen and oxygen atoms in total. The molecule has 0 spiro atoms. The molecule has 0 saturated carbocycles. The Balaban J connectivity index is 2.03. The first-order valence-electron chi connectivity index (χ1n) is 6.19. The second-order valence-corrected chi connectivity index (χ2v) is 5.40. The van der Waals surface area contributed by atoms with Gasteiger partial charge in [-0.25, -0.2) is 4.98 Å². The number of carbonyl (C=O) groups is 2. The van der Waals surface area contributed by atoms with Gasteiger partial charge >= 0.3 is 0 Å². The molecule has 2 aromatic heterocycles. The number of halogens is 1. The van der Waals surface area contributed by atoms with E-state index in [1.54, 1.807) is 13.8 Å². The molecule has 2 amide bonds. The minimum atomic E-state index is -0.317. The van der Waals surface area contributed by atoms with Gasteiger partial charge in [0.05, 0.1) is 12.1 Å². The van der Waals surface area contributed by atoms with Crippen LogP contribution in [0.5, 0.6) is 0 Å². The van der Waals surface area contributed by atoms with Crippen LogP contribution in [0, 0.1) is 5.92 Å². The van der Waals surface area contributed by atoms with Crippen LogP contribution in [0.15, 0.2) is 29.0 Å². The van der Waals surface area contributed by atoms with E-state index in [1.165, 1.54) is 0 Å². The number of carbonyl (C=O) groups excluding carboxylic acids is 2. The zero-order valence-corrected chi connectivity index (χ0v) is 12.8. The van der Waals surface area contributed by atoms with E-state index in [4.69, 9.17) is 0 Å². The van der Waals surface area contributed by atoms with Gasteiger partial charge in [-0.1, -0.05) is 19.9 Å². The number of hydrogen-bond acceptors (Lipinski definition) is 3. The first-order valence-corrected chi connectivity index (χ1v) is 6.98. The summed E-state index contributed by atoms with van der Waals surface area (Å²) in [5.41, 5.74) is 6.12. The zero-order chi connectivity index (χ0) is 14.7. The number of fused-ring (bicyclic) bond motifs is 1. The van der Waals surface area contributed by atoms with Gasteiger partial charge in [0, 0.05) is 12.1 Å². The molecule has 7 heteroatoms. The fourth-order valence-corrected chi connectivity index (χ4v) is 2.13. The molecule has 0 aliphatic rings. The lowest BCUT2D eigenvalue weighted by molar-refractivity contribution is -0.130. The van der Waals surface area contributed by atoms with E-state index in [1.807, 2.05) is 28.8 Å². The Bertz CT molecular complexity index is 651. The van der Waals surface area contributed by atoms with Gasteiger partial charge in [-0.15, -0.1) is 0 Å². The van der Waals surface area contributed by atoms with Crippen molar-refractivity contribution >= 4 is 33.4 Å². The van der Waals surface area contributed by atoms with Crippen LogP contribution in [0.2, 0.25) is 0 Å². The number of nitrogens with one attached hydrogen (secondary N) is 2. The van der Waals surface area contributed by atoms with E-state index in [0.29, 0.717) is 5.69 Å². The average molecular weight is 339 g/mol. The second-order valence-electron chi connectivity index (χ2n) is 4.65. The zero-order valence-electron chi connectivity index (χ0n) is 11.2. The topological polar surface area (TPSA) is 75.5 Å². The molecular formula is C13H15BrN4O2. The summed E-state index contributed by atoms with van der Waals surface area (Å²) in [6.45, 7) is 3.50. The number of imidazole rings is 1. The fourth-order valence-electron chi connectivity index (χ4n) is 1.60. The van der Waals surface area contributed by atoms with E-state index in [9.17, 15) is 9.59 Å². The summed E-state index contributed by atoms with van der Waals surface area (Å²) in [6, 6.07) is 5.61. The van der Waals surface area contributed by atoms with Crippen molar-refractivity contribution in [3.8, 4) is 0 Å². The van der Waals surface area contributed by atoms with E-state index in [2.05, 4.69) is 31.8 Å². The standard InChI is InChI=1S/C13H15BrN4O2/c1-8(2)13(20)17-16-11(19)7-9-12(14)18-6-4-3-5-10(18)15-9/h3-6,8H,7H2,1-2H3,(H,16,19)(H,17,20). The van der Waals surface area contributed by atoms with Crippen LogP contribution in [-0.4, -0.2) is 21.2 Å². The lowest BCUT2D eigenvalue weighted by atomic mass is 10.2. The molecule has 0 unspecified atom stereocenters. The van der Waals surface area contributed by atoms with Crippen molar-refractivity contribution in [1.29, 1.82) is 0 Å². The van der Waals surface area contributed by atoms with Crippen LogP contribution in [0.3, 0.4) is 0 Å². The molecule has 2 rings (SSSR count). The van der Waals surface area contributed by atoms with E-state index in [-0.39, 0.29) is 24.2 Å². The fraction of sp³-hybridized carbons (Fsp3) is 0.308. The van der Waals surface area contributed by atoms with Crippen LogP contribution in [-0.2, 0) is 16.0 Å². The third-order valence-electron chi connectivity index (χ3n) is 2.72. The third kappa shape index (κ3) is 3.16. The van der Waals surface area contributed by atoms with E-state index < -0.39 is 0 Å². The molecule has 0 saturated heterocycles. The minimum Gasteiger partial charge on any atom is -0.294 e. The van der Waals surface area contributed by atoms with Gasteiger partial charge in [0.2, 0.25) is 11.8 Å². The molecule has 0 aliphatic heterocycles. The lowest BCUT2D eigenvalue weighted by Gasteiger charge is -2.08. The molecule has 0 bridgehead atoms. The molecule has 2 aromatic rings. The number of hydrazine groups is 1. The van der Waals surface area contributed by atoms with Crippen molar-refractivity contribution in [2.24, 2.45) is 5.92 Å². The number of hydrogen-bond donors (Lipinski definition) is 2. The van der Waals surface area contributed by atoms with Gasteiger partial charge < -0.3 is 0 Å². The highest BCUT2D eigenvalue weighted by Gasteiger charge is 2.14. The van der Waals surface area contributed by atoms with Crippen LogP contribution in [0.25, 0.3) is 5.65 Å². The highest BCUT2D eigenvalue weighted by Crippen LogP contribution is 2.18. The average Bonchev–Trinajstić information content (AvgIpc) is 2.73. The third-order valence-corrected chi connectivity index (χ3v) is 3.55. The van der Waals surface area contributed by atoms with Crippen LogP contribution >= 0.6 is 15.9 Å². The Kier molecular flexibility index (Phi) is 4.39. The van der Waals surface area contributed by atoms with E-state index in [0.717, 1.165) is 10.3 Å². The van der Waals surface area contributed by atoms with Crippen molar-refractivity contribution in [3.05, 3.63) is 34.7 Å². The van der Waals surface area contributed by atoms with E-state index >= 15 is 0 Å². The Labute approximate surface area is 124 Å². The van der Waals surface area contributed by atoms with Crippen molar-refractivity contribution in [1.82, 2.24) is 20.2 Å². The summed E-state index contributed by atoms with van der Waals surface area (Å²) in [4.78, 5) is 27.5. The van der Waals surface area contributed by atoms with Crippen molar-refractivity contribution in [2.75, 3.05) is 0 Å². The van der Waals surface area contributed by atoms with Crippen LogP contribution in [0.4, 0.5) is 0 Å². The predicted molar refractivity (Wildman–Crippen MR) is 77.7 cm³/mol. The molecule has 0 atom stereocenters. The maximum absolute atomic E-state index is 11.8. The number of nitrogens with zero attached hydrogens (tertiary/aromatic N) is 2. The highest BCUT2D eigenvalue weighted by atomic mass is 79.9. The normalized spacial score (nSPS) is 10.8. The molecule has 2 N–H and O–H groups in total. The number of aromatic nitrogens is 2.